The van der Waals surface area contributed by atoms with E-state index in [0.29, 0.717) is 19.6 Å². The number of rotatable bonds is 3. The van der Waals surface area contributed by atoms with Crippen LogP contribution in [0, 0.1) is 15.9 Å². The van der Waals surface area contributed by atoms with Gasteiger partial charge in [0.05, 0.1) is 17.6 Å². The molecular weight excluding hydrogens is 269 g/mol. The van der Waals surface area contributed by atoms with E-state index in [9.17, 15) is 19.3 Å². The number of benzene rings is 1. The van der Waals surface area contributed by atoms with Crippen molar-refractivity contribution in [2.24, 2.45) is 0 Å². The summed E-state index contributed by atoms with van der Waals surface area (Å²) in [6.45, 7) is 0.883. The number of nitrogens with two attached hydrogens (primary N) is 1. The number of carbonyl (C=O) groups is 1. The summed E-state index contributed by atoms with van der Waals surface area (Å²) in [6, 6.07) is 1.64. The Morgan fingerprint density at radius 2 is 2.30 bits per heavy atom. The number of likely N-dealkylation sites (N-methyl/N-ethyl adjacent to an activating group) is 1. The first-order chi connectivity index (χ1) is 9.43. The van der Waals surface area contributed by atoms with Crippen LogP contribution in [0.25, 0.3) is 0 Å². The van der Waals surface area contributed by atoms with Crippen LogP contribution < -0.4 is 5.73 Å². The quantitative estimate of drug-likeness (QED) is 0.510. The summed E-state index contributed by atoms with van der Waals surface area (Å²) >= 11 is 0. The van der Waals surface area contributed by atoms with Gasteiger partial charge in [-0.25, -0.2) is 4.39 Å². The lowest BCUT2D eigenvalue weighted by molar-refractivity contribution is -0.384. The number of nitro groups is 1. The number of hydrogen-bond donors (Lipinski definition) is 1. The van der Waals surface area contributed by atoms with Crippen LogP contribution in [0.15, 0.2) is 12.1 Å². The van der Waals surface area contributed by atoms with Crippen LogP contribution in [0.3, 0.4) is 0 Å². The molecule has 0 spiro atoms. The van der Waals surface area contributed by atoms with Gasteiger partial charge in [0.25, 0.3) is 11.6 Å². The highest BCUT2D eigenvalue weighted by Crippen LogP contribution is 2.29. The molecule has 0 bridgehead atoms. The second kappa shape index (κ2) is 5.41. The van der Waals surface area contributed by atoms with Crippen molar-refractivity contribution >= 4 is 17.3 Å². The summed E-state index contributed by atoms with van der Waals surface area (Å²) in [7, 11) is 1.50. The normalized spacial score (nSPS) is 18.0. The Morgan fingerprint density at radius 1 is 1.60 bits per heavy atom. The van der Waals surface area contributed by atoms with Gasteiger partial charge in [-0.15, -0.1) is 0 Å². The molecule has 1 heterocycles. The van der Waals surface area contributed by atoms with Crippen molar-refractivity contribution in [2.45, 2.75) is 12.5 Å². The molecule has 0 saturated carbocycles. The molecule has 1 atom stereocenters. The summed E-state index contributed by atoms with van der Waals surface area (Å²) in [6.07, 6.45) is 0.638. The zero-order valence-electron chi connectivity index (χ0n) is 10.8. The maximum atomic E-state index is 13.8. The number of nitrogens with zero attached hydrogens (tertiary/aromatic N) is 2. The van der Waals surface area contributed by atoms with Crippen LogP contribution in [0.1, 0.15) is 16.8 Å². The number of amides is 1. The van der Waals surface area contributed by atoms with Crippen molar-refractivity contribution in [1.82, 2.24) is 4.90 Å². The molecule has 1 fully saturated rings. The van der Waals surface area contributed by atoms with Crippen LogP contribution in [-0.4, -0.2) is 42.0 Å². The van der Waals surface area contributed by atoms with Crippen LogP contribution in [-0.2, 0) is 4.74 Å². The lowest BCUT2D eigenvalue weighted by Gasteiger charge is -2.23. The number of carbonyl (C=O) groups excluding carboxylic acids is 1. The van der Waals surface area contributed by atoms with E-state index < -0.39 is 33.6 Å². The molecule has 0 aliphatic carbocycles. The predicted octanol–water partition coefficient (Wildman–Crippen LogP) is 1.18. The predicted molar refractivity (Wildman–Crippen MR) is 68.8 cm³/mol. The number of nitrogen functional groups attached to an aromatic ring is 1. The van der Waals surface area contributed by atoms with E-state index in [1.165, 1.54) is 11.9 Å². The van der Waals surface area contributed by atoms with Crippen LogP contribution in [0.2, 0.25) is 0 Å². The van der Waals surface area contributed by atoms with Gasteiger partial charge in [-0.05, 0) is 12.5 Å². The molecule has 1 aromatic carbocycles. The first kappa shape index (κ1) is 14.2. The smallest absolute Gasteiger partial charge is 0.293 e. The Bertz CT molecular complexity index is 558. The largest absolute Gasteiger partial charge is 0.392 e. The fraction of sp³-hybridized carbons (Fsp3) is 0.417. The van der Waals surface area contributed by atoms with Gasteiger partial charge in [0, 0.05) is 19.7 Å². The molecule has 8 heteroatoms. The van der Waals surface area contributed by atoms with Gasteiger partial charge in [0.15, 0.2) is 0 Å². The van der Waals surface area contributed by atoms with Gasteiger partial charge in [0.1, 0.15) is 17.1 Å². The third-order valence-corrected chi connectivity index (χ3v) is 3.36. The van der Waals surface area contributed by atoms with E-state index >= 15 is 0 Å². The highest BCUT2D eigenvalue weighted by molar-refractivity contribution is 6.01. The first-order valence-corrected chi connectivity index (χ1v) is 6.00. The van der Waals surface area contributed by atoms with Gasteiger partial charge in [-0.2, -0.15) is 0 Å². The second-order valence-electron chi connectivity index (χ2n) is 4.55. The zero-order chi connectivity index (χ0) is 14.9. The molecule has 0 radical (unpaired) electrons. The molecule has 1 aromatic rings. The molecule has 7 nitrogen and oxygen atoms in total. The molecule has 1 saturated heterocycles. The van der Waals surface area contributed by atoms with Gasteiger partial charge in [-0.3, -0.25) is 14.9 Å². The van der Waals surface area contributed by atoms with E-state index in [0.717, 1.165) is 12.1 Å². The van der Waals surface area contributed by atoms with Crippen molar-refractivity contribution in [1.29, 1.82) is 0 Å². The van der Waals surface area contributed by atoms with Crippen molar-refractivity contribution in [2.75, 3.05) is 26.0 Å². The molecule has 1 aliphatic rings. The standard InChI is InChI=1S/C12H14FN3O4/c1-15(7-4-5-20-6-7)12(17)10-8(13)2-3-9(11(10)14)16(18)19/h2-3,7H,4-6,14H2,1H3. The van der Waals surface area contributed by atoms with Crippen LogP contribution in [0.5, 0.6) is 0 Å². The third-order valence-electron chi connectivity index (χ3n) is 3.36. The molecule has 1 unspecified atom stereocenters. The third kappa shape index (κ3) is 2.42. The number of nitro benzene ring substituents is 1. The number of halogens is 1. The zero-order valence-corrected chi connectivity index (χ0v) is 10.8. The Morgan fingerprint density at radius 3 is 2.85 bits per heavy atom. The minimum absolute atomic E-state index is 0.180. The lowest BCUT2D eigenvalue weighted by atomic mass is 10.1. The topological polar surface area (TPSA) is 98.7 Å². The minimum Gasteiger partial charge on any atom is -0.392 e. The molecule has 20 heavy (non-hydrogen) atoms. The number of ether oxygens (including phenoxy) is 1. The lowest BCUT2D eigenvalue weighted by Crippen LogP contribution is -2.38. The van der Waals surface area contributed by atoms with E-state index in [-0.39, 0.29) is 6.04 Å². The summed E-state index contributed by atoms with van der Waals surface area (Å²) in [4.78, 5) is 23.6. The van der Waals surface area contributed by atoms with E-state index in [4.69, 9.17) is 10.5 Å². The number of hydrogen-bond acceptors (Lipinski definition) is 5. The average molecular weight is 283 g/mol. The summed E-state index contributed by atoms with van der Waals surface area (Å²) in [5, 5.41) is 10.8. The Labute approximate surface area is 114 Å². The van der Waals surface area contributed by atoms with Gasteiger partial charge in [0.2, 0.25) is 0 Å². The monoisotopic (exact) mass is 283 g/mol. The van der Waals surface area contributed by atoms with Gasteiger partial charge < -0.3 is 15.4 Å². The maximum absolute atomic E-state index is 13.8. The Hall–Kier alpha value is -2.22. The van der Waals surface area contributed by atoms with Gasteiger partial charge >= 0.3 is 0 Å². The molecule has 2 N–H and O–H groups in total. The molecule has 1 amide bonds. The van der Waals surface area contributed by atoms with Crippen LogP contribution >= 0.6 is 0 Å². The average Bonchev–Trinajstić information content (AvgIpc) is 2.91. The fourth-order valence-corrected chi connectivity index (χ4v) is 2.13. The fourth-order valence-electron chi connectivity index (χ4n) is 2.13. The molecule has 0 aromatic heterocycles. The first-order valence-electron chi connectivity index (χ1n) is 6.00. The van der Waals surface area contributed by atoms with E-state index in [1.54, 1.807) is 0 Å². The summed E-state index contributed by atoms with van der Waals surface area (Å²) < 4.78 is 19.0. The van der Waals surface area contributed by atoms with Gasteiger partial charge in [-0.1, -0.05) is 0 Å². The van der Waals surface area contributed by atoms with Crippen molar-refractivity contribution in [3.63, 3.8) is 0 Å². The summed E-state index contributed by atoms with van der Waals surface area (Å²) in [5.74, 6) is -1.55. The number of anilines is 1. The van der Waals surface area contributed by atoms with Crippen molar-refractivity contribution in [3.8, 4) is 0 Å². The Balaban J connectivity index is 2.38. The maximum Gasteiger partial charge on any atom is 0.293 e. The van der Waals surface area contributed by atoms with Crippen LogP contribution in [0.4, 0.5) is 15.8 Å². The molecule has 1 aliphatic heterocycles. The highest BCUT2D eigenvalue weighted by Gasteiger charge is 2.30. The Kier molecular flexibility index (Phi) is 3.84. The second-order valence-corrected chi connectivity index (χ2v) is 4.55. The molecule has 108 valence electrons. The highest BCUT2D eigenvalue weighted by atomic mass is 19.1. The van der Waals surface area contributed by atoms with E-state index in [2.05, 4.69) is 0 Å². The van der Waals surface area contributed by atoms with Crippen molar-refractivity contribution < 1.29 is 18.8 Å². The summed E-state index contributed by atoms with van der Waals surface area (Å²) in [5.41, 5.74) is 4.16. The minimum atomic E-state index is -0.871. The molecule has 2 rings (SSSR count). The van der Waals surface area contributed by atoms with Crippen molar-refractivity contribution in [3.05, 3.63) is 33.6 Å². The van der Waals surface area contributed by atoms with E-state index in [1.807, 2.05) is 0 Å². The SMILES string of the molecule is CN(C(=O)c1c(F)ccc([N+](=O)[O-])c1N)C1CCOC1. The molecular formula is C12H14FN3O4.